The molecule has 1 aromatic carbocycles. The number of piperidine rings is 1. The molecule has 4 heteroatoms. The Balaban J connectivity index is 1.54. The molecular formula is C14H18N2O2. The van der Waals surface area contributed by atoms with Crippen LogP contribution < -0.4 is 5.73 Å². The van der Waals surface area contributed by atoms with Crippen molar-refractivity contribution in [3.05, 3.63) is 35.9 Å². The number of rotatable bonds is 2. The third-order valence-corrected chi connectivity index (χ3v) is 4.04. The number of hydrogen-bond donors (Lipinski definition) is 1. The van der Waals surface area contributed by atoms with Crippen LogP contribution in [0.1, 0.15) is 18.4 Å². The van der Waals surface area contributed by atoms with Crippen molar-refractivity contribution >= 4 is 6.09 Å². The van der Waals surface area contributed by atoms with Gasteiger partial charge in [-0.05, 0) is 24.3 Å². The molecule has 96 valence electrons. The molecule has 1 saturated heterocycles. The molecular weight excluding hydrogens is 228 g/mol. The molecule has 0 spiro atoms. The van der Waals surface area contributed by atoms with Gasteiger partial charge in [-0.1, -0.05) is 30.3 Å². The second-order valence-electron chi connectivity index (χ2n) is 5.24. The molecule has 2 bridgehead atoms. The molecule has 3 atom stereocenters. The minimum absolute atomic E-state index is 0.196. The van der Waals surface area contributed by atoms with Crippen molar-refractivity contribution < 1.29 is 9.53 Å². The lowest BCUT2D eigenvalue weighted by atomic mass is 10.0. The first-order chi connectivity index (χ1) is 8.74. The van der Waals surface area contributed by atoms with E-state index in [1.54, 1.807) is 0 Å². The van der Waals surface area contributed by atoms with Crippen LogP contribution in [0.2, 0.25) is 0 Å². The maximum atomic E-state index is 12.0. The molecule has 2 fully saturated rings. The van der Waals surface area contributed by atoms with E-state index in [0.717, 1.165) is 24.9 Å². The topological polar surface area (TPSA) is 55.6 Å². The lowest BCUT2D eigenvalue weighted by molar-refractivity contribution is 0.0834. The summed E-state index contributed by atoms with van der Waals surface area (Å²) in [4.78, 5) is 13.8. The number of fused-ring (bicyclic) bond motifs is 2. The van der Waals surface area contributed by atoms with E-state index in [0.29, 0.717) is 18.6 Å². The molecule has 2 N–H and O–H groups in total. The van der Waals surface area contributed by atoms with Crippen LogP contribution in [0, 0.1) is 5.92 Å². The molecule has 1 saturated carbocycles. The minimum atomic E-state index is -0.196. The number of carbonyl (C=O) groups is 1. The third kappa shape index (κ3) is 2.08. The molecule has 4 nitrogen and oxygen atoms in total. The molecule has 1 amide bonds. The molecule has 18 heavy (non-hydrogen) atoms. The highest BCUT2D eigenvalue weighted by molar-refractivity contribution is 5.68. The van der Waals surface area contributed by atoms with Crippen LogP contribution in [0.25, 0.3) is 0 Å². The third-order valence-electron chi connectivity index (χ3n) is 4.04. The van der Waals surface area contributed by atoms with E-state index < -0.39 is 0 Å². The summed E-state index contributed by atoms with van der Waals surface area (Å²) in [7, 11) is 0. The lowest BCUT2D eigenvalue weighted by Gasteiger charge is -2.29. The summed E-state index contributed by atoms with van der Waals surface area (Å²) < 4.78 is 5.35. The highest BCUT2D eigenvalue weighted by atomic mass is 16.6. The molecule has 1 aliphatic carbocycles. The molecule has 3 unspecified atom stereocenters. The van der Waals surface area contributed by atoms with Gasteiger partial charge in [0.1, 0.15) is 6.61 Å². The van der Waals surface area contributed by atoms with Gasteiger partial charge in [-0.2, -0.15) is 0 Å². The standard InChI is InChI=1S/C14H18N2O2/c15-13-7-12-6-11(13)8-16(12)14(17)18-9-10-4-2-1-3-5-10/h1-5,11-13H,6-9,15H2. The molecule has 1 aliphatic heterocycles. The van der Waals surface area contributed by atoms with Gasteiger partial charge in [-0.3, -0.25) is 0 Å². The highest BCUT2D eigenvalue weighted by Gasteiger charge is 2.45. The fourth-order valence-corrected chi connectivity index (χ4v) is 3.02. The highest BCUT2D eigenvalue weighted by Crippen LogP contribution is 2.37. The van der Waals surface area contributed by atoms with E-state index in [1.165, 1.54) is 0 Å². The quantitative estimate of drug-likeness (QED) is 0.864. The smallest absolute Gasteiger partial charge is 0.410 e. The maximum absolute atomic E-state index is 12.0. The van der Waals surface area contributed by atoms with Crippen molar-refractivity contribution in [3.8, 4) is 0 Å². The monoisotopic (exact) mass is 246 g/mol. The Kier molecular flexibility index (Phi) is 2.96. The van der Waals surface area contributed by atoms with Crippen LogP contribution in [0.5, 0.6) is 0 Å². The van der Waals surface area contributed by atoms with Crippen molar-refractivity contribution in [2.24, 2.45) is 11.7 Å². The lowest BCUT2D eigenvalue weighted by Crippen LogP contribution is -2.44. The van der Waals surface area contributed by atoms with E-state index in [2.05, 4.69) is 0 Å². The fraction of sp³-hybridized carbons (Fsp3) is 0.500. The summed E-state index contributed by atoms with van der Waals surface area (Å²) >= 11 is 0. The predicted octanol–water partition coefficient (Wildman–Crippen LogP) is 1.74. The number of hydrogen-bond acceptors (Lipinski definition) is 3. The van der Waals surface area contributed by atoms with Gasteiger partial charge in [0.15, 0.2) is 0 Å². The summed E-state index contributed by atoms with van der Waals surface area (Å²) in [5.74, 6) is 0.472. The van der Waals surface area contributed by atoms with Gasteiger partial charge < -0.3 is 15.4 Å². The van der Waals surface area contributed by atoms with Gasteiger partial charge in [0.05, 0.1) is 0 Å². The van der Waals surface area contributed by atoms with E-state index in [1.807, 2.05) is 35.2 Å². The Morgan fingerprint density at radius 3 is 2.72 bits per heavy atom. The molecule has 3 rings (SSSR count). The van der Waals surface area contributed by atoms with Gasteiger partial charge in [-0.25, -0.2) is 4.79 Å². The average molecular weight is 246 g/mol. The van der Waals surface area contributed by atoms with Crippen LogP contribution >= 0.6 is 0 Å². The minimum Gasteiger partial charge on any atom is -0.445 e. The van der Waals surface area contributed by atoms with Crippen LogP contribution in [0.15, 0.2) is 30.3 Å². The molecule has 1 aromatic rings. The number of nitrogens with two attached hydrogens (primary N) is 1. The second kappa shape index (κ2) is 4.61. The van der Waals surface area contributed by atoms with Crippen LogP contribution in [-0.2, 0) is 11.3 Å². The summed E-state index contributed by atoms with van der Waals surface area (Å²) in [5.41, 5.74) is 6.99. The fourth-order valence-electron chi connectivity index (χ4n) is 3.02. The largest absolute Gasteiger partial charge is 0.445 e. The van der Waals surface area contributed by atoms with Crippen LogP contribution in [0.3, 0.4) is 0 Å². The average Bonchev–Trinajstić information content (AvgIpc) is 2.96. The van der Waals surface area contributed by atoms with Gasteiger partial charge in [-0.15, -0.1) is 0 Å². The van der Waals surface area contributed by atoms with E-state index >= 15 is 0 Å². The van der Waals surface area contributed by atoms with Crippen LogP contribution in [-0.4, -0.2) is 29.6 Å². The van der Waals surface area contributed by atoms with E-state index in [9.17, 15) is 4.79 Å². The Labute approximate surface area is 107 Å². The predicted molar refractivity (Wildman–Crippen MR) is 67.8 cm³/mol. The van der Waals surface area contributed by atoms with Gasteiger partial charge in [0.25, 0.3) is 0 Å². The summed E-state index contributed by atoms with van der Waals surface area (Å²) in [6.45, 7) is 1.11. The molecule has 1 heterocycles. The van der Waals surface area contributed by atoms with Crippen molar-refractivity contribution in [3.63, 3.8) is 0 Å². The van der Waals surface area contributed by atoms with Crippen molar-refractivity contribution in [2.45, 2.75) is 31.5 Å². The molecule has 0 aromatic heterocycles. The summed E-state index contributed by atoms with van der Waals surface area (Å²) in [5, 5.41) is 0. The number of nitrogens with zero attached hydrogens (tertiary/aromatic N) is 1. The Hall–Kier alpha value is -1.55. The van der Waals surface area contributed by atoms with Gasteiger partial charge in [0.2, 0.25) is 0 Å². The number of amides is 1. The summed E-state index contributed by atoms with van der Waals surface area (Å²) in [6.07, 6.45) is 1.77. The zero-order chi connectivity index (χ0) is 12.5. The van der Waals surface area contributed by atoms with Gasteiger partial charge in [0, 0.05) is 18.6 Å². The first kappa shape index (κ1) is 11.5. The Morgan fingerprint density at radius 2 is 2.11 bits per heavy atom. The zero-order valence-corrected chi connectivity index (χ0v) is 10.3. The molecule has 0 radical (unpaired) electrons. The van der Waals surface area contributed by atoms with Crippen molar-refractivity contribution in [1.29, 1.82) is 0 Å². The van der Waals surface area contributed by atoms with Crippen molar-refractivity contribution in [1.82, 2.24) is 4.90 Å². The summed E-state index contributed by atoms with van der Waals surface area (Å²) in [6, 6.07) is 10.3. The molecule has 2 aliphatic rings. The Bertz CT molecular complexity index is 433. The first-order valence-electron chi connectivity index (χ1n) is 6.47. The normalized spacial score (nSPS) is 29.6. The van der Waals surface area contributed by atoms with Crippen LogP contribution in [0.4, 0.5) is 4.79 Å². The van der Waals surface area contributed by atoms with Crippen molar-refractivity contribution in [2.75, 3.05) is 6.54 Å². The Morgan fingerprint density at radius 1 is 1.33 bits per heavy atom. The number of carbonyl (C=O) groups excluding carboxylic acids is 1. The number of benzene rings is 1. The number of likely N-dealkylation sites (tertiary alicyclic amines) is 1. The van der Waals surface area contributed by atoms with E-state index in [4.69, 9.17) is 10.5 Å². The number of ether oxygens (including phenoxy) is 1. The first-order valence-corrected chi connectivity index (χ1v) is 6.47. The zero-order valence-electron chi connectivity index (χ0n) is 10.3. The maximum Gasteiger partial charge on any atom is 0.410 e. The second-order valence-corrected chi connectivity index (χ2v) is 5.24. The van der Waals surface area contributed by atoms with Gasteiger partial charge >= 0.3 is 6.09 Å². The van der Waals surface area contributed by atoms with E-state index in [-0.39, 0.29) is 12.1 Å². The SMILES string of the molecule is NC1CC2CC1CN2C(=O)OCc1ccccc1.